The molecule has 1 aromatic rings. The van der Waals surface area contributed by atoms with Gasteiger partial charge in [-0.15, -0.1) is 0 Å². The Morgan fingerprint density at radius 2 is 1.44 bits per heavy atom. The third-order valence-corrected chi connectivity index (χ3v) is 7.29. The van der Waals surface area contributed by atoms with Crippen LogP contribution < -0.4 is 0 Å². The molecule has 2 atom stereocenters. The summed E-state index contributed by atoms with van der Waals surface area (Å²) in [5.74, 6) is -0.915. The molecule has 0 aromatic heterocycles. The molecular formula is C25H30N2O7. The van der Waals surface area contributed by atoms with Crippen LogP contribution in [0.3, 0.4) is 0 Å². The third kappa shape index (κ3) is 4.23. The van der Waals surface area contributed by atoms with E-state index >= 15 is 0 Å². The zero-order valence-electron chi connectivity index (χ0n) is 20.2. The molecule has 0 saturated heterocycles. The number of hydrogen-bond donors (Lipinski definition) is 0. The minimum Gasteiger partial charge on any atom is -0.450 e. The van der Waals surface area contributed by atoms with Gasteiger partial charge in [0.1, 0.15) is 5.60 Å². The minimum absolute atomic E-state index is 0.0242. The molecular weight excluding hydrogens is 440 g/mol. The number of nitro benzene ring substituents is 2. The van der Waals surface area contributed by atoms with Gasteiger partial charge in [0, 0.05) is 24.1 Å². The third-order valence-electron chi connectivity index (χ3n) is 7.29. The summed E-state index contributed by atoms with van der Waals surface area (Å²) in [5, 5.41) is 22.6. The first kappa shape index (κ1) is 24.0. The number of ether oxygens (including phenoxy) is 1. The molecule has 1 saturated carbocycles. The molecule has 0 radical (unpaired) electrons. The second-order valence-electron chi connectivity index (χ2n) is 12.2. The summed E-state index contributed by atoms with van der Waals surface area (Å²) in [7, 11) is 0. The summed E-state index contributed by atoms with van der Waals surface area (Å²) in [6.45, 7) is 10.5. The Kier molecular flexibility index (Phi) is 5.27. The number of carbonyl (C=O) groups is 2. The first-order valence-electron chi connectivity index (χ1n) is 11.5. The maximum Gasteiger partial charge on any atom is 0.339 e. The van der Waals surface area contributed by atoms with Gasteiger partial charge in [-0.2, -0.15) is 0 Å². The van der Waals surface area contributed by atoms with E-state index in [4.69, 9.17) is 4.74 Å². The maximum atomic E-state index is 13.4. The quantitative estimate of drug-likeness (QED) is 0.313. The molecule has 0 aliphatic heterocycles. The number of non-ortho nitro benzene ring substituents is 2. The van der Waals surface area contributed by atoms with E-state index < -0.39 is 32.8 Å². The molecule has 4 rings (SSSR count). The van der Waals surface area contributed by atoms with Gasteiger partial charge in [0.05, 0.1) is 21.5 Å². The zero-order chi connectivity index (χ0) is 25.3. The smallest absolute Gasteiger partial charge is 0.339 e. The van der Waals surface area contributed by atoms with Crippen LogP contribution in [0.25, 0.3) is 0 Å². The Balaban J connectivity index is 1.83. The molecule has 1 aromatic carbocycles. The average molecular weight is 471 g/mol. The predicted molar refractivity (Wildman–Crippen MR) is 123 cm³/mol. The summed E-state index contributed by atoms with van der Waals surface area (Å²) >= 11 is 0. The Labute approximate surface area is 197 Å². The SMILES string of the molecule is CC1(C)CC(=O)C2=C(C1)C[C@]1(C)CC(C)(C)C[C@]2(OC(=O)c2cc([N+](=O)[O-])cc([N+](=O)[O-])c2)C1. The molecule has 0 spiro atoms. The average Bonchev–Trinajstić information content (AvgIpc) is 2.63. The predicted octanol–water partition coefficient (Wildman–Crippen LogP) is 5.70. The van der Waals surface area contributed by atoms with Gasteiger partial charge in [-0.25, -0.2) is 4.79 Å². The molecule has 34 heavy (non-hydrogen) atoms. The van der Waals surface area contributed by atoms with E-state index in [2.05, 4.69) is 34.6 Å². The molecule has 0 heterocycles. The number of benzene rings is 1. The lowest BCUT2D eigenvalue weighted by molar-refractivity contribution is -0.394. The van der Waals surface area contributed by atoms with Crippen LogP contribution in [-0.4, -0.2) is 27.2 Å². The monoisotopic (exact) mass is 470 g/mol. The summed E-state index contributed by atoms with van der Waals surface area (Å²) < 4.78 is 6.15. The fourth-order valence-electron chi connectivity index (χ4n) is 7.08. The number of allylic oxidation sites excluding steroid dienone is 1. The van der Waals surface area contributed by atoms with E-state index in [1.165, 1.54) is 0 Å². The molecule has 0 unspecified atom stereocenters. The zero-order valence-corrected chi connectivity index (χ0v) is 20.2. The highest BCUT2D eigenvalue weighted by Gasteiger charge is 2.60. The molecule has 3 aliphatic carbocycles. The van der Waals surface area contributed by atoms with Crippen molar-refractivity contribution in [2.45, 2.75) is 78.7 Å². The van der Waals surface area contributed by atoms with Crippen molar-refractivity contribution >= 4 is 23.1 Å². The van der Waals surface area contributed by atoms with Crippen LogP contribution in [-0.2, 0) is 9.53 Å². The molecule has 1 fully saturated rings. The minimum atomic E-state index is -1.16. The lowest BCUT2D eigenvalue weighted by Crippen LogP contribution is -2.56. The molecule has 9 heteroatoms. The summed E-state index contributed by atoms with van der Waals surface area (Å²) in [6, 6.07) is 2.79. The largest absolute Gasteiger partial charge is 0.450 e. The fourth-order valence-corrected chi connectivity index (χ4v) is 7.08. The van der Waals surface area contributed by atoms with Crippen LogP contribution in [0.5, 0.6) is 0 Å². The van der Waals surface area contributed by atoms with E-state index in [1.807, 2.05) is 0 Å². The van der Waals surface area contributed by atoms with Gasteiger partial charge in [0.15, 0.2) is 5.78 Å². The summed E-state index contributed by atoms with van der Waals surface area (Å²) in [4.78, 5) is 47.9. The molecule has 2 bridgehead atoms. The van der Waals surface area contributed by atoms with Crippen molar-refractivity contribution in [3.05, 3.63) is 55.1 Å². The van der Waals surface area contributed by atoms with Crippen molar-refractivity contribution in [3.8, 4) is 0 Å². The van der Waals surface area contributed by atoms with Gasteiger partial charge in [-0.3, -0.25) is 25.0 Å². The van der Waals surface area contributed by atoms with E-state index in [0.717, 1.165) is 43.0 Å². The van der Waals surface area contributed by atoms with Gasteiger partial charge in [-0.05, 0) is 48.3 Å². The van der Waals surface area contributed by atoms with Crippen LogP contribution in [0.1, 0.15) is 83.5 Å². The van der Waals surface area contributed by atoms with Crippen LogP contribution in [0.2, 0.25) is 0 Å². The number of hydrogen-bond acceptors (Lipinski definition) is 7. The van der Waals surface area contributed by atoms with E-state index in [-0.39, 0.29) is 27.6 Å². The number of rotatable bonds is 4. The molecule has 9 nitrogen and oxygen atoms in total. The van der Waals surface area contributed by atoms with Crippen LogP contribution in [0.15, 0.2) is 29.3 Å². The second-order valence-corrected chi connectivity index (χ2v) is 12.2. The van der Waals surface area contributed by atoms with Crippen LogP contribution in [0, 0.1) is 36.5 Å². The lowest BCUT2D eigenvalue weighted by atomic mass is 9.49. The first-order chi connectivity index (χ1) is 15.5. The van der Waals surface area contributed by atoms with Crippen molar-refractivity contribution in [3.63, 3.8) is 0 Å². The Morgan fingerprint density at radius 1 is 0.853 bits per heavy atom. The normalized spacial score (nSPS) is 29.3. The Bertz CT molecular complexity index is 1130. The number of esters is 1. The van der Waals surface area contributed by atoms with Gasteiger partial charge in [0.25, 0.3) is 11.4 Å². The Morgan fingerprint density at radius 3 is 2.00 bits per heavy atom. The highest BCUT2D eigenvalue weighted by atomic mass is 16.6. The number of fused-ring (bicyclic) bond motifs is 3. The molecule has 182 valence electrons. The van der Waals surface area contributed by atoms with Crippen molar-refractivity contribution in [2.75, 3.05) is 0 Å². The van der Waals surface area contributed by atoms with Crippen molar-refractivity contribution in [2.24, 2.45) is 16.2 Å². The standard InChI is InChI=1S/C25H30N2O7/c1-22(2)9-16-10-24(5)12-23(3,4)13-25(14-24,20(16)19(28)11-22)34-21(29)15-6-17(26(30)31)8-18(7-15)27(32)33/h6-8H,9-14H2,1-5H3/t24-,25+/m1/s1. The highest BCUT2D eigenvalue weighted by Crippen LogP contribution is 2.62. The van der Waals surface area contributed by atoms with Crippen LogP contribution >= 0.6 is 0 Å². The van der Waals surface area contributed by atoms with Crippen LogP contribution in [0.4, 0.5) is 11.4 Å². The molecule has 0 amide bonds. The second kappa shape index (κ2) is 7.45. The van der Waals surface area contributed by atoms with Gasteiger partial charge < -0.3 is 4.74 Å². The van der Waals surface area contributed by atoms with Gasteiger partial charge >= 0.3 is 5.97 Å². The lowest BCUT2D eigenvalue weighted by Gasteiger charge is -2.58. The van der Waals surface area contributed by atoms with Crippen molar-refractivity contribution < 1.29 is 24.2 Å². The Hall–Kier alpha value is -3.10. The van der Waals surface area contributed by atoms with Gasteiger partial charge in [-0.1, -0.05) is 40.2 Å². The number of nitrogens with zero attached hydrogens (tertiary/aromatic N) is 2. The summed E-state index contributed by atoms with van der Waals surface area (Å²) in [5.41, 5.74) is -1.52. The maximum absolute atomic E-state index is 13.4. The molecule has 3 aliphatic rings. The van der Waals surface area contributed by atoms with Crippen molar-refractivity contribution in [1.29, 1.82) is 0 Å². The van der Waals surface area contributed by atoms with Gasteiger partial charge in [0.2, 0.25) is 0 Å². The van der Waals surface area contributed by atoms with E-state index in [1.54, 1.807) is 0 Å². The number of carbonyl (C=O) groups excluding carboxylic acids is 2. The topological polar surface area (TPSA) is 130 Å². The summed E-state index contributed by atoms with van der Waals surface area (Å²) in [6.07, 6.45) is 3.70. The molecule has 0 N–H and O–H groups in total. The fraction of sp³-hybridized carbons (Fsp3) is 0.600. The van der Waals surface area contributed by atoms with E-state index in [0.29, 0.717) is 24.8 Å². The number of ketones is 1. The number of Topliss-reactive ketones (excluding diaryl/α,β-unsaturated/α-hetero) is 1. The highest BCUT2D eigenvalue weighted by molar-refractivity contribution is 6.01. The number of nitro groups is 2. The van der Waals surface area contributed by atoms with E-state index in [9.17, 15) is 29.8 Å². The van der Waals surface area contributed by atoms with Crippen molar-refractivity contribution in [1.82, 2.24) is 0 Å². The first-order valence-corrected chi connectivity index (χ1v) is 11.5.